The van der Waals surface area contributed by atoms with Crippen LogP contribution >= 0.6 is 11.6 Å². The number of aromatic amines is 1. The monoisotopic (exact) mass is 437 g/mol. The maximum Gasteiger partial charge on any atom is 0.181 e. The molecular weight excluding hydrogens is 417 g/mol. The molecule has 0 bridgehead atoms. The summed E-state index contributed by atoms with van der Waals surface area (Å²) in [4.78, 5) is 17.3. The predicted octanol–water partition coefficient (Wildman–Crippen LogP) is 5.88. The number of hydrogen-bond acceptors (Lipinski definition) is 4. The van der Waals surface area contributed by atoms with E-state index < -0.39 is 11.6 Å². The molecule has 0 saturated carbocycles. The first-order valence-corrected chi connectivity index (χ1v) is 10.3. The Kier molecular flexibility index (Phi) is 6.00. The number of carbonyl (C=O) groups excluding carboxylic acids is 1. The molecular formula is C24H21ClFN3O2. The summed E-state index contributed by atoms with van der Waals surface area (Å²) < 4.78 is 20.7. The van der Waals surface area contributed by atoms with E-state index >= 15 is 4.39 Å². The first-order valence-electron chi connectivity index (χ1n) is 9.95. The summed E-state index contributed by atoms with van der Waals surface area (Å²) in [5.74, 6) is -0.984. The minimum Gasteiger partial charge on any atom is -0.486 e. The van der Waals surface area contributed by atoms with Gasteiger partial charge in [-0.1, -0.05) is 55.8 Å². The molecule has 4 aromatic rings. The third-order valence-corrected chi connectivity index (χ3v) is 5.32. The van der Waals surface area contributed by atoms with Crippen molar-refractivity contribution in [2.24, 2.45) is 0 Å². The molecule has 2 heterocycles. The molecule has 0 aliphatic carbocycles. The summed E-state index contributed by atoms with van der Waals surface area (Å²) in [6.45, 7) is 4.27. The quantitative estimate of drug-likeness (QED) is 0.367. The molecule has 7 heteroatoms. The number of carbonyl (C=O) groups is 1. The van der Waals surface area contributed by atoms with Crippen molar-refractivity contribution in [3.63, 3.8) is 0 Å². The molecule has 5 nitrogen and oxygen atoms in total. The van der Waals surface area contributed by atoms with Crippen molar-refractivity contribution in [2.75, 3.05) is 0 Å². The summed E-state index contributed by atoms with van der Waals surface area (Å²) in [5, 5.41) is 8.07. The first kappa shape index (κ1) is 21.0. The van der Waals surface area contributed by atoms with Crippen LogP contribution in [0.25, 0.3) is 11.0 Å². The lowest BCUT2D eigenvalue weighted by atomic mass is 10.0. The predicted molar refractivity (Wildman–Crippen MR) is 118 cm³/mol. The van der Waals surface area contributed by atoms with Gasteiger partial charge in [-0.2, -0.15) is 5.10 Å². The Labute approximate surface area is 184 Å². The van der Waals surface area contributed by atoms with Gasteiger partial charge in [-0.05, 0) is 35.2 Å². The Morgan fingerprint density at radius 1 is 1.16 bits per heavy atom. The molecule has 4 rings (SSSR count). The number of rotatable bonds is 7. The molecule has 0 unspecified atom stereocenters. The SMILES string of the molecule is CC(C)c1[nH]nc2ncc(CC(=O)c3c(Cl)ccc(OCc4ccccc4)c3F)cc12. The molecule has 31 heavy (non-hydrogen) atoms. The van der Waals surface area contributed by atoms with Crippen LogP contribution in [0.5, 0.6) is 5.75 Å². The minimum atomic E-state index is -0.756. The van der Waals surface area contributed by atoms with E-state index in [-0.39, 0.29) is 35.3 Å². The summed E-state index contributed by atoms with van der Waals surface area (Å²) >= 11 is 6.18. The third kappa shape index (κ3) is 4.44. The Balaban J connectivity index is 1.58. The lowest BCUT2D eigenvalue weighted by Gasteiger charge is -2.12. The van der Waals surface area contributed by atoms with Crippen molar-refractivity contribution in [1.29, 1.82) is 0 Å². The van der Waals surface area contributed by atoms with Crippen LogP contribution in [-0.2, 0) is 13.0 Å². The lowest BCUT2D eigenvalue weighted by Crippen LogP contribution is -2.09. The molecule has 0 aliphatic rings. The Bertz CT molecular complexity index is 1240. The number of hydrogen-bond donors (Lipinski definition) is 1. The van der Waals surface area contributed by atoms with Gasteiger partial charge in [0, 0.05) is 23.7 Å². The smallest absolute Gasteiger partial charge is 0.181 e. The minimum absolute atomic E-state index is 0.0119. The van der Waals surface area contributed by atoms with Crippen molar-refractivity contribution in [3.05, 3.63) is 88.0 Å². The topological polar surface area (TPSA) is 67.9 Å². The highest BCUT2D eigenvalue weighted by Crippen LogP contribution is 2.30. The highest BCUT2D eigenvalue weighted by Gasteiger charge is 2.21. The van der Waals surface area contributed by atoms with Crippen molar-refractivity contribution in [1.82, 2.24) is 15.2 Å². The van der Waals surface area contributed by atoms with E-state index in [1.807, 2.05) is 50.2 Å². The second kappa shape index (κ2) is 8.86. The number of benzene rings is 2. The molecule has 0 saturated heterocycles. The van der Waals surface area contributed by atoms with Crippen LogP contribution in [0.15, 0.2) is 54.7 Å². The molecule has 0 atom stereocenters. The number of halogens is 2. The Hall–Kier alpha value is -3.25. The van der Waals surface area contributed by atoms with Gasteiger partial charge in [0.15, 0.2) is 23.0 Å². The zero-order chi connectivity index (χ0) is 22.0. The van der Waals surface area contributed by atoms with Crippen LogP contribution in [0, 0.1) is 5.82 Å². The number of nitrogens with zero attached hydrogens (tertiary/aromatic N) is 2. The van der Waals surface area contributed by atoms with E-state index in [1.165, 1.54) is 12.1 Å². The van der Waals surface area contributed by atoms with Gasteiger partial charge in [0.1, 0.15) is 6.61 Å². The van der Waals surface area contributed by atoms with E-state index in [4.69, 9.17) is 16.3 Å². The normalized spacial score (nSPS) is 11.3. The summed E-state index contributed by atoms with van der Waals surface area (Å²) in [7, 11) is 0. The van der Waals surface area contributed by atoms with Crippen molar-refractivity contribution in [2.45, 2.75) is 32.8 Å². The maximum atomic E-state index is 15.1. The molecule has 0 radical (unpaired) electrons. The van der Waals surface area contributed by atoms with Crippen LogP contribution < -0.4 is 4.74 Å². The first-order chi connectivity index (χ1) is 14.9. The molecule has 0 spiro atoms. The van der Waals surface area contributed by atoms with E-state index in [1.54, 1.807) is 6.20 Å². The zero-order valence-corrected chi connectivity index (χ0v) is 17.9. The lowest BCUT2D eigenvalue weighted by molar-refractivity contribution is 0.0988. The fourth-order valence-corrected chi connectivity index (χ4v) is 3.66. The van der Waals surface area contributed by atoms with Gasteiger partial charge < -0.3 is 4.74 Å². The third-order valence-electron chi connectivity index (χ3n) is 5.01. The number of ketones is 1. The molecule has 1 N–H and O–H groups in total. The molecule has 0 amide bonds. The number of nitrogens with one attached hydrogen (secondary N) is 1. The summed E-state index contributed by atoms with van der Waals surface area (Å²) in [6.07, 6.45) is 1.54. The van der Waals surface area contributed by atoms with E-state index in [0.29, 0.717) is 11.2 Å². The number of aromatic nitrogens is 3. The average molecular weight is 438 g/mol. The highest BCUT2D eigenvalue weighted by atomic mass is 35.5. The second-order valence-corrected chi connectivity index (χ2v) is 8.02. The number of H-pyrrole nitrogens is 1. The molecule has 0 aliphatic heterocycles. The summed E-state index contributed by atoms with van der Waals surface area (Å²) in [6, 6.07) is 14.2. The van der Waals surface area contributed by atoms with Gasteiger partial charge in [-0.15, -0.1) is 0 Å². The van der Waals surface area contributed by atoms with E-state index in [0.717, 1.165) is 16.6 Å². The van der Waals surface area contributed by atoms with Gasteiger partial charge >= 0.3 is 0 Å². The molecule has 0 fully saturated rings. The van der Waals surface area contributed by atoms with Crippen molar-refractivity contribution in [3.8, 4) is 5.75 Å². The fraction of sp³-hybridized carbons (Fsp3) is 0.208. The number of Topliss-reactive ketones (excluding diaryl/α,β-unsaturated/α-hetero) is 1. The van der Waals surface area contributed by atoms with Crippen LogP contribution in [0.1, 0.15) is 46.9 Å². The van der Waals surface area contributed by atoms with Crippen LogP contribution in [0.2, 0.25) is 5.02 Å². The van der Waals surface area contributed by atoms with Gasteiger partial charge in [-0.25, -0.2) is 9.37 Å². The second-order valence-electron chi connectivity index (χ2n) is 7.62. The zero-order valence-electron chi connectivity index (χ0n) is 17.2. The number of pyridine rings is 1. The number of fused-ring (bicyclic) bond motifs is 1. The van der Waals surface area contributed by atoms with Gasteiger partial charge in [0.25, 0.3) is 0 Å². The standard InChI is InChI=1S/C24H21ClFN3O2/c1-14(2)23-17-10-16(12-27-24(17)29-28-23)11-19(30)21-18(25)8-9-20(22(21)26)31-13-15-6-4-3-5-7-15/h3-10,12,14H,11,13H2,1-2H3,(H,27,28,29). The summed E-state index contributed by atoms with van der Waals surface area (Å²) in [5.41, 5.74) is 2.90. The van der Waals surface area contributed by atoms with Gasteiger partial charge in [0.05, 0.1) is 10.6 Å². The van der Waals surface area contributed by atoms with Crippen LogP contribution in [0.3, 0.4) is 0 Å². The van der Waals surface area contributed by atoms with Crippen molar-refractivity contribution >= 4 is 28.4 Å². The average Bonchev–Trinajstić information content (AvgIpc) is 3.17. The number of ether oxygens (including phenoxy) is 1. The maximum absolute atomic E-state index is 15.1. The molecule has 2 aromatic heterocycles. The fourth-order valence-electron chi connectivity index (χ4n) is 3.41. The largest absolute Gasteiger partial charge is 0.486 e. The van der Waals surface area contributed by atoms with Gasteiger partial charge in [-0.3, -0.25) is 9.89 Å². The van der Waals surface area contributed by atoms with Crippen LogP contribution in [0.4, 0.5) is 4.39 Å². The van der Waals surface area contributed by atoms with E-state index in [2.05, 4.69) is 15.2 Å². The van der Waals surface area contributed by atoms with E-state index in [9.17, 15) is 4.79 Å². The Morgan fingerprint density at radius 3 is 2.68 bits per heavy atom. The van der Waals surface area contributed by atoms with Crippen LogP contribution in [-0.4, -0.2) is 21.0 Å². The van der Waals surface area contributed by atoms with Crippen molar-refractivity contribution < 1.29 is 13.9 Å². The molecule has 2 aromatic carbocycles. The Morgan fingerprint density at radius 2 is 1.94 bits per heavy atom. The van der Waals surface area contributed by atoms with Gasteiger partial charge in [0.2, 0.25) is 0 Å². The highest BCUT2D eigenvalue weighted by molar-refractivity contribution is 6.34. The molecule has 158 valence electrons.